The van der Waals surface area contributed by atoms with Crippen LogP contribution in [0.15, 0.2) is 36.4 Å². The number of piperazine rings is 1. The second-order valence-electron chi connectivity index (χ2n) is 8.33. The Hall–Kier alpha value is -3.53. The Morgan fingerprint density at radius 3 is 2.32 bits per heavy atom. The van der Waals surface area contributed by atoms with Crippen molar-refractivity contribution in [2.24, 2.45) is 0 Å². The minimum Gasteiger partial charge on any atom is -0.378 e. The van der Waals surface area contributed by atoms with Crippen LogP contribution in [0.3, 0.4) is 0 Å². The lowest BCUT2D eigenvalue weighted by Gasteiger charge is -2.37. The van der Waals surface area contributed by atoms with Gasteiger partial charge in [-0.2, -0.15) is 0 Å². The number of amides is 1. The molecule has 0 bridgehead atoms. The zero-order chi connectivity index (χ0) is 24.1. The number of carbonyl (C=O) groups is 2. The predicted octanol–water partition coefficient (Wildman–Crippen LogP) is 2.66. The molecular weight excluding hydrogens is 443 g/mol. The summed E-state index contributed by atoms with van der Waals surface area (Å²) in [6, 6.07) is 9.38. The summed E-state index contributed by atoms with van der Waals surface area (Å²) in [6.07, 6.45) is 1.66. The smallest absolute Gasteiger partial charge is 0.270 e. The lowest BCUT2D eigenvalue weighted by molar-refractivity contribution is -0.384. The van der Waals surface area contributed by atoms with Gasteiger partial charge in [0.15, 0.2) is 0 Å². The third-order valence-corrected chi connectivity index (χ3v) is 6.24. The molecule has 0 radical (unpaired) electrons. The molecule has 2 heterocycles. The van der Waals surface area contributed by atoms with Gasteiger partial charge in [-0.15, -0.1) is 0 Å². The van der Waals surface area contributed by atoms with E-state index in [1.807, 2.05) is 15.9 Å². The first kappa shape index (κ1) is 23.6. The number of anilines is 2. The summed E-state index contributed by atoms with van der Waals surface area (Å²) in [5.74, 6) is -0.619. The van der Waals surface area contributed by atoms with Crippen molar-refractivity contribution in [1.29, 1.82) is 0 Å². The average Bonchev–Trinajstić information content (AvgIpc) is 2.87. The Balaban J connectivity index is 1.48. The van der Waals surface area contributed by atoms with Crippen molar-refractivity contribution in [1.82, 2.24) is 4.90 Å². The first-order valence-corrected chi connectivity index (χ1v) is 11.4. The van der Waals surface area contributed by atoms with Crippen LogP contribution in [0.5, 0.6) is 0 Å². The van der Waals surface area contributed by atoms with Crippen LogP contribution in [-0.4, -0.2) is 74.5 Å². The quantitative estimate of drug-likeness (QED) is 0.349. The number of halogens is 1. The summed E-state index contributed by atoms with van der Waals surface area (Å²) in [7, 11) is 0. The second kappa shape index (κ2) is 10.6. The highest BCUT2D eigenvalue weighted by Crippen LogP contribution is 2.29. The molecule has 2 fully saturated rings. The van der Waals surface area contributed by atoms with E-state index >= 15 is 0 Å². The Labute approximate surface area is 196 Å². The molecule has 1 amide bonds. The van der Waals surface area contributed by atoms with E-state index in [9.17, 15) is 24.1 Å². The number of nitro benzene ring substituents is 1. The highest BCUT2D eigenvalue weighted by Gasteiger charge is 2.28. The number of morpholine rings is 1. The third-order valence-electron chi connectivity index (χ3n) is 6.24. The molecule has 2 aliphatic rings. The normalized spacial score (nSPS) is 16.4. The van der Waals surface area contributed by atoms with E-state index in [4.69, 9.17) is 4.74 Å². The molecule has 180 valence electrons. The maximum Gasteiger partial charge on any atom is 0.270 e. The van der Waals surface area contributed by atoms with Gasteiger partial charge in [-0.1, -0.05) is 6.07 Å². The highest BCUT2D eigenvalue weighted by atomic mass is 19.1. The van der Waals surface area contributed by atoms with Crippen LogP contribution in [0.4, 0.5) is 21.5 Å². The Bertz CT molecular complexity index is 1070. The lowest BCUT2D eigenvalue weighted by atomic mass is 10.1. The summed E-state index contributed by atoms with van der Waals surface area (Å²) < 4.78 is 20.1. The van der Waals surface area contributed by atoms with E-state index in [2.05, 4.69) is 0 Å². The van der Waals surface area contributed by atoms with Crippen molar-refractivity contribution < 1.29 is 23.6 Å². The van der Waals surface area contributed by atoms with Gasteiger partial charge in [-0.05, 0) is 30.2 Å². The van der Waals surface area contributed by atoms with Crippen molar-refractivity contribution in [3.05, 3.63) is 63.5 Å². The minimum atomic E-state index is -0.501. The van der Waals surface area contributed by atoms with Gasteiger partial charge in [0, 0.05) is 57.8 Å². The number of nitro groups is 1. The molecule has 0 N–H and O–H groups in total. The van der Waals surface area contributed by atoms with E-state index < -0.39 is 4.92 Å². The molecule has 0 saturated carbocycles. The number of carbonyl (C=O) groups excluding carboxylic acids is 2. The van der Waals surface area contributed by atoms with Crippen molar-refractivity contribution >= 4 is 29.3 Å². The SMILES string of the molecule is O=CCCc1ccc(N2CCN(C(=O)c3cc([N+](=O)[O-])ccc3N3CCOCC3)CC2)c(F)c1. The third kappa shape index (κ3) is 5.17. The van der Waals surface area contributed by atoms with Crippen molar-refractivity contribution in [2.75, 3.05) is 62.3 Å². The molecule has 0 atom stereocenters. The molecule has 10 heteroatoms. The first-order valence-electron chi connectivity index (χ1n) is 11.4. The van der Waals surface area contributed by atoms with Gasteiger partial charge >= 0.3 is 0 Å². The van der Waals surface area contributed by atoms with Gasteiger partial charge < -0.3 is 24.2 Å². The molecule has 0 unspecified atom stereocenters. The molecular formula is C24H27FN4O5. The largest absolute Gasteiger partial charge is 0.378 e. The summed E-state index contributed by atoms with van der Waals surface area (Å²) in [5.41, 5.74) is 2.07. The fraction of sp³-hybridized carbons (Fsp3) is 0.417. The molecule has 2 aromatic rings. The average molecular weight is 471 g/mol. The van der Waals surface area contributed by atoms with Crippen LogP contribution in [0.2, 0.25) is 0 Å². The number of aldehydes is 1. The Morgan fingerprint density at radius 2 is 1.68 bits per heavy atom. The minimum absolute atomic E-state index is 0.129. The maximum absolute atomic E-state index is 14.7. The lowest BCUT2D eigenvalue weighted by Crippen LogP contribution is -2.49. The number of aryl methyl sites for hydroxylation is 1. The van der Waals surface area contributed by atoms with Gasteiger partial charge in [-0.3, -0.25) is 14.9 Å². The Morgan fingerprint density at radius 1 is 1.00 bits per heavy atom. The van der Waals surface area contributed by atoms with Crippen LogP contribution in [0, 0.1) is 15.9 Å². The van der Waals surface area contributed by atoms with Gasteiger partial charge in [0.2, 0.25) is 0 Å². The van der Waals surface area contributed by atoms with Crippen molar-refractivity contribution in [2.45, 2.75) is 12.8 Å². The van der Waals surface area contributed by atoms with E-state index in [1.165, 1.54) is 18.2 Å². The molecule has 34 heavy (non-hydrogen) atoms. The first-order chi connectivity index (χ1) is 16.5. The van der Waals surface area contributed by atoms with Gasteiger partial charge in [0.05, 0.1) is 35.1 Å². The number of ether oxygens (including phenoxy) is 1. The number of nitrogens with zero attached hydrogens (tertiary/aromatic N) is 4. The van der Waals surface area contributed by atoms with Gasteiger partial charge in [-0.25, -0.2) is 4.39 Å². The standard InChI is InChI=1S/C24H27FN4O5/c25-21-16-18(2-1-13-30)3-5-23(21)26-7-9-28(10-8-26)24(31)20-17-19(29(32)33)4-6-22(20)27-11-14-34-15-12-27/h3-6,13,16-17H,1-2,7-12,14-15H2. The fourth-order valence-electron chi connectivity index (χ4n) is 4.40. The summed E-state index contributed by atoms with van der Waals surface area (Å²) in [5, 5.41) is 11.3. The molecule has 2 aliphatic heterocycles. The van der Waals surface area contributed by atoms with E-state index in [-0.39, 0.29) is 17.4 Å². The monoisotopic (exact) mass is 470 g/mol. The molecule has 0 aromatic heterocycles. The predicted molar refractivity (Wildman–Crippen MR) is 125 cm³/mol. The topological polar surface area (TPSA) is 96.2 Å². The second-order valence-corrected chi connectivity index (χ2v) is 8.33. The molecule has 9 nitrogen and oxygen atoms in total. The fourth-order valence-corrected chi connectivity index (χ4v) is 4.40. The molecule has 2 aromatic carbocycles. The van der Waals surface area contributed by atoms with E-state index in [0.29, 0.717) is 82.3 Å². The van der Waals surface area contributed by atoms with Crippen LogP contribution in [0.1, 0.15) is 22.3 Å². The Kier molecular flexibility index (Phi) is 7.36. The zero-order valence-corrected chi connectivity index (χ0v) is 18.8. The summed E-state index contributed by atoms with van der Waals surface area (Å²) in [4.78, 5) is 40.4. The van der Waals surface area contributed by atoms with Crippen LogP contribution in [-0.2, 0) is 16.0 Å². The zero-order valence-electron chi connectivity index (χ0n) is 18.8. The highest BCUT2D eigenvalue weighted by molar-refractivity contribution is 6.00. The van der Waals surface area contributed by atoms with Crippen molar-refractivity contribution in [3.63, 3.8) is 0 Å². The number of hydrogen-bond acceptors (Lipinski definition) is 7. The number of hydrogen-bond donors (Lipinski definition) is 0. The van der Waals surface area contributed by atoms with Crippen molar-refractivity contribution in [3.8, 4) is 0 Å². The van der Waals surface area contributed by atoms with Crippen LogP contribution in [0.25, 0.3) is 0 Å². The number of non-ortho nitro benzene ring substituents is 1. The van der Waals surface area contributed by atoms with E-state index in [0.717, 1.165) is 11.8 Å². The molecule has 2 saturated heterocycles. The summed E-state index contributed by atoms with van der Waals surface area (Å²) >= 11 is 0. The van der Waals surface area contributed by atoms with E-state index in [1.54, 1.807) is 17.0 Å². The molecule has 4 rings (SSSR count). The number of benzene rings is 2. The maximum atomic E-state index is 14.7. The number of rotatable bonds is 7. The molecule has 0 spiro atoms. The van der Waals surface area contributed by atoms with Gasteiger partial charge in [0.1, 0.15) is 12.1 Å². The summed E-state index contributed by atoms with van der Waals surface area (Å²) in [6.45, 7) is 3.90. The van der Waals surface area contributed by atoms with Gasteiger partial charge in [0.25, 0.3) is 11.6 Å². The molecule has 0 aliphatic carbocycles. The van der Waals surface area contributed by atoms with Crippen LogP contribution < -0.4 is 9.80 Å². The van der Waals surface area contributed by atoms with Crippen LogP contribution >= 0.6 is 0 Å².